The maximum Gasteiger partial charge on any atom is 0.233 e. The molecule has 1 atom stereocenters. The Kier molecular flexibility index (Phi) is 5.75. The lowest BCUT2D eigenvalue weighted by molar-refractivity contribution is -0.131. The van der Waals surface area contributed by atoms with Crippen LogP contribution in [0.25, 0.3) is 0 Å². The highest BCUT2D eigenvalue weighted by molar-refractivity contribution is 6.13. The van der Waals surface area contributed by atoms with Gasteiger partial charge >= 0.3 is 0 Å². The van der Waals surface area contributed by atoms with E-state index in [0.717, 1.165) is 24.3 Å². The molecule has 6 heteroatoms. The SMILES string of the molecule is CN(C)C(=O)C(CC(=O)c1ccc(F)cc1)C(=O)c1ccc(F)cc1. The summed E-state index contributed by atoms with van der Waals surface area (Å²) >= 11 is 0. The van der Waals surface area contributed by atoms with Gasteiger partial charge in [-0.2, -0.15) is 0 Å². The van der Waals surface area contributed by atoms with Crippen molar-refractivity contribution in [1.29, 1.82) is 0 Å². The molecule has 2 rings (SSSR count). The van der Waals surface area contributed by atoms with Crippen LogP contribution in [0.1, 0.15) is 27.1 Å². The summed E-state index contributed by atoms with van der Waals surface area (Å²) in [5.41, 5.74) is 0.360. The number of carbonyl (C=O) groups is 3. The molecule has 2 aromatic rings. The van der Waals surface area contributed by atoms with Crippen LogP contribution in [0.15, 0.2) is 48.5 Å². The molecule has 0 heterocycles. The third-order valence-electron chi connectivity index (χ3n) is 3.74. The van der Waals surface area contributed by atoms with Crippen molar-refractivity contribution in [3.63, 3.8) is 0 Å². The molecule has 0 radical (unpaired) electrons. The van der Waals surface area contributed by atoms with Gasteiger partial charge in [0.1, 0.15) is 17.6 Å². The van der Waals surface area contributed by atoms with E-state index < -0.39 is 35.0 Å². The Morgan fingerprint density at radius 3 is 1.72 bits per heavy atom. The zero-order chi connectivity index (χ0) is 18.6. The van der Waals surface area contributed by atoms with E-state index in [1.807, 2.05) is 0 Å². The molecule has 2 aromatic carbocycles. The summed E-state index contributed by atoms with van der Waals surface area (Å²) in [6.07, 6.45) is -0.348. The minimum Gasteiger partial charge on any atom is -0.348 e. The van der Waals surface area contributed by atoms with Crippen molar-refractivity contribution in [2.24, 2.45) is 5.92 Å². The van der Waals surface area contributed by atoms with Gasteiger partial charge in [-0.3, -0.25) is 14.4 Å². The van der Waals surface area contributed by atoms with Gasteiger partial charge in [-0.05, 0) is 48.5 Å². The number of halogens is 2. The van der Waals surface area contributed by atoms with Gasteiger partial charge in [0.15, 0.2) is 11.6 Å². The zero-order valence-electron chi connectivity index (χ0n) is 13.8. The second-order valence-electron chi connectivity index (χ2n) is 5.79. The van der Waals surface area contributed by atoms with Gasteiger partial charge in [-0.25, -0.2) is 8.78 Å². The Labute approximate surface area is 144 Å². The maximum absolute atomic E-state index is 13.0. The molecular weight excluding hydrogens is 328 g/mol. The van der Waals surface area contributed by atoms with E-state index in [0.29, 0.717) is 0 Å². The summed E-state index contributed by atoms with van der Waals surface area (Å²) in [7, 11) is 2.96. The highest BCUT2D eigenvalue weighted by atomic mass is 19.1. The van der Waals surface area contributed by atoms with E-state index in [1.165, 1.54) is 43.3 Å². The van der Waals surface area contributed by atoms with Crippen LogP contribution >= 0.6 is 0 Å². The lowest BCUT2D eigenvalue weighted by atomic mass is 9.90. The molecular formula is C19H17F2NO3. The molecule has 1 unspecified atom stereocenters. The minimum atomic E-state index is -1.22. The molecule has 4 nitrogen and oxygen atoms in total. The van der Waals surface area contributed by atoms with Crippen molar-refractivity contribution in [2.75, 3.05) is 14.1 Å². The highest BCUT2D eigenvalue weighted by Crippen LogP contribution is 2.19. The van der Waals surface area contributed by atoms with Gasteiger partial charge < -0.3 is 4.90 Å². The summed E-state index contributed by atoms with van der Waals surface area (Å²) in [5, 5.41) is 0. The molecule has 0 aliphatic heterocycles. The number of ketones is 2. The first kappa shape index (κ1) is 18.4. The number of hydrogen-bond donors (Lipinski definition) is 0. The Morgan fingerprint density at radius 2 is 1.28 bits per heavy atom. The van der Waals surface area contributed by atoms with Crippen LogP contribution in [0.4, 0.5) is 8.78 Å². The first-order chi connectivity index (χ1) is 11.8. The monoisotopic (exact) mass is 345 g/mol. The number of Topliss-reactive ketones (excluding diaryl/α,β-unsaturated/α-hetero) is 2. The van der Waals surface area contributed by atoms with Gasteiger partial charge in [0, 0.05) is 31.6 Å². The molecule has 25 heavy (non-hydrogen) atoms. The number of amides is 1. The van der Waals surface area contributed by atoms with Gasteiger partial charge in [0.25, 0.3) is 0 Å². The molecule has 0 saturated carbocycles. The van der Waals surface area contributed by atoms with E-state index in [2.05, 4.69) is 0 Å². The van der Waals surface area contributed by atoms with Crippen molar-refractivity contribution < 1.29 is 23.2 Å². The van der Waals surface area contributed by atoms with Gasteiger partial charge in [0.2, 0.25) is 5.91 Å². The van der Waals surface area contributed by atoms with Crippen molar-refractivity contribution >= 4 is 17.5 Å². The Hall–Kier alpha value is -2.89. The van der Waals surface area contributed by atoms with E-state index in [1.54, 1.807) is 0 Å². The van der Waals surface area contributed by atoms with Crippen LogP contribution in [-0.4, -0.2) is 36.5 Å². The van der Waals surface area contributed by atoms with Gasteiger partial charge in [-0.15, -0.1) is 0 Å². The Bertz CT molecular complexity index is 783. The van der Waals surface area contributed by atoms with Gasteiger partial charge in [-0.1, -0.05) is 0 Å². The van der Waals surface area contributed by atoms with Crippen molar-refractivity contribution in [3.05, 3.63) is 71.3 Å². The van der Waals surface area contributed by atoms with Crippen LogP contribution in [0.3, 0.4) is 0 Å². The number of rotatable bonds is 6. The number of nitrogens with zero attached hydrogens (tertiary/aromatic N) is 1. The molecule has 0 fully saturated rings. The summed E-state index contributed by atoms with van der Waals surface area (Å²) in [5.74, 6) is -3.75. The van der Waals surface area contributed by atoms with Crippen LogP contribution in [0, 0.1) is 17.6 Å². The van der Waals surface area contributed by atoms with Crippen LogP contribution in [0.5, 0.6) is 0 Å². The molecule has 0 aliphatic rings. The Balaban J connectivity index is 2.28. The Morgan fingerprint density at radius 1 is 0.840 bits per heavy atom. The quantitative estimate of drug-likeness (QED) is 0.597. The third kappa shape index (κ3) is 4.56. The van der Waals surface area contributed by atoms with E-state index in [-0.39, 0.29) is 17.5 Å². The predicted molar refractivity (Wildman–Crippen MR) is 88.3 cm³/mol. The fraction of sp³-hybridized carbons (Fsp3) is 0.211. The molecule has 130 valence electrons. The number of hydrogen-bond acceptors (Lipinski definition) is 3. The largest absolute Gasteiger partial charge is 0.348 e. The lowest BCUT2D eigenvalue weighted by Crippen LogP contribution is -2.36. The first-order valence-electron chi connectivity index (χ1n) is 7.59. The third-order valence-corrected chi connectivity index (χ3v) is 3.74. The maximum atomic E-state index is 13.0. The van der Waals surface area contributed by atoms with Crippen molar-refractivity contribution in [3.8, 4) is 0 Å². The van der Waals surface area contributed by atoms with Crippen LogP contribution < -0.4 is 0 Å². The normalized spacial score (nSPS) is 11.7. The number of carbonyl (C=O) groups excluding carboxylic acids is 3. The average Bonchev–Trinajstić information content (AvgIpc) is 2.59. The molecule has 0 bridgehead atoms. The molecule has 0 N–H and O–H groups in total. The van der Waals surface area contributed by atoms with Crippen LogP contribution in [0.2, 0.25) is 0 Å². The molecule has 0 saturated heterocycles. The smallest absolute Gasteiger partial charge is 0.233 e. The lowest BCUT2D eigenvalue weighted by Gasteiger charge is -2.19. The fourth-order valence-electron chi connectivity index (χ4n) is 2.36. The predicted octanol–water partition coefficient (Wildman–Crippen LogP) is 3.12. The van der Waals surface area contributed by atoms with E-state index >= 15 is 0 Å². The fourth-order valence-corrected chi connectivity index (χ4v) is 2.36. The van der Waals surface area contributed by atoms with Crippen molar-refractivity contribution in [1.82, 2.24) is 4.90 Å². The summed E-state index contributed by atoms with van der Waals surface area (Å²) in [6, 6.07) is 9.66. The van der Waals surface area contributed by atoms with Crippen molar-refractivity contribution in [2.45, 2.75) is 6.42 Å². The van der Waals surface area contributed by atoms with E-state index in [9.17, 15) is 23.2 Å². The highest BCUT2D eigenvalue weighted by Gasteiger charge is 2.31. The molecule has 0 aliphatic carbocycles. The summed E-state index contributed by atoms with van der Waals surface area (Å²) in [6.45, 7) is 0. The second-order valence-corrected chi connectivity index (χ2v) is 5.79. The summed E-state index contributed by atoms with van der Waals surface area (Å²) < 4.78 is 26.0. The second kappa shape index (κ2) is 7.79. The van der Waals surface area contributed by atoms with Crippen LogP contribution in [-0.2, 0) is 4.79 Å². The zero-order valence-corrected chi connectivity index (χ0v) is 13.8. The summed E-state index contributed by atoms with van der Waals surface area (Å²) in [4.78, 5) is 38.6. The molecule has 0 aromatic heterocycles. The molecule has 1 amide bonds. The van der Waals surface area contributed by atoms with E-state index in [4.69, 9.17) is 0 Å². The number of benzene rings is 2. The topological polar surface area (TPSA) is 54.5 Å². The minimum absolute atomic E-state index is 0.147. The first-order valence-corrected chi connectivity index (χ1v) is 7.59. The standard InChI is InChI=1S/C19H17F2NO3/c1-22(2)19(25)16(18(24)13-5-9-15(21)10-6-13)11-17(23)12-3-7-14(20)8-4-12/h3-10,16H,11H2,1-2H3. The average molecular weight is 345 g/mol. The van der Waals surface area contributed by atoms with Gasteiger partial charge in [0.05, 0.1) is 0 Å². The molecule has 0 spiro atoms.